The number of methoxy groups -OCH3 is 1. The summed E-state index contributed by atoms with van der Waals surface area (Å²) in [5.41, 5.74) is 10.3. The van der Waals surface area contributed by atoms with Gasteiger partial charge in [-0.25, -0.2) is 9.97 Å². The number of nitrogens with two attached hydrogens (primary N) is 1. The van der Waals surface area contributed by atoms with Crippen LogP contribution < -0.4 is 25.2 Å². The van der Waals surface area contributed by atoms with Gasteiger partial charge in [-0.15, -0.1) is 0 Å². The van der Waals surface area contributed by atoms with Crippen LogP contribution >= 0.6 is 11.6 Å². The van der Waals surface area contributed by atoms with Gasteiger partial charge in [0, 0.05) is 81.2 Å². The molecule has 0 spiro atoms. The van der Waals surface area contributed by atoms with Gasteiger partial charge in [-0.1, -0.05) is 11.6 Å². The second-order valence-corrected chi connectivity index (χ2v) is 10.5. The summed E-state index contributed by atoms with van der Waals surface area (Å²) >= 11 is 6.38. The lowest BCUT2D eigenvalue weighted by molar-refractivity contribution is 0.281. The molecular weight excluding hydrogens is 516 g/mol. The number of pyridine rings is 1. The largest absolute Gasteiger partial charge is 0.495 e. The summed E-state index contributed by atoms with van der Waals surface area (Å²) in [5.74, 6) is 2.30. The van der Waals surface area contributed by atoms with Gasteiger partial charge in [-0.2, -0.15) is 4.98 Å². The number of nitrogens with zero attached hydrogens (tertiary/aromatic N) is 7. The molecular formula is C28H33ClN8O2. The first-order chi connectivity index (χ1) is 19.0. The van der Waals surface area contributed by atoms with Gasteiger partial charge in [0.15, 0.2) is 0 Å². The van der Waals surface area contributed by atoms with Crippen molar-refractivity contribution in [2.45, 2.75) is 25.5 Å². The molecule has 6 rings (SSSR count). The zero-order valence-corrected chi connectivity index (χ0v) is 22.8. The molecule has 39 heavy (non-hydrogen) atoms. The molecule has 10 nitrogen and oxygen atoms in total. The van der Waals surface area contributed by atoms with Crippen molar-refractivity contribution in [2.24, 2.45) is 5.73 Å². The number of piperidine rings is 1. The van der Waals surface area contributed by atoms with Crippen LogP contribution in [0.5, 0.6) is 5.75 Å². The average molecular weight is 549 g/mol. The third kappa shape index (κ3) is 5.19. The Morgan fingerprint density at radius 2 is 1.77 bits per heavy atom. The van der Waals surface area contributed by atoms with Gasteiger partial charge in [0.1, 0.15) is 17.2 Å². The van der Waals surface area contributed by atoms with Crippen molar-refractivity contribution in [3.63, 3.8) is 0 Å². The lowest BCUT2D eigenvalue weighted by Gasteiger charge is -2.36. The molecule has 3 aromatic heterocycles. The van der Waals surface area contributed by atoms with E-state index in [1.165, 1.54) is 0 Å². The van der Waals surface area contributed by atoms with Crippen LogP contribution in [0.15, 0.2) is 48.9 Å². The fraction of sp³-hybridized carbons (Fsp3) is 0.393. The van der Waals surface area contributed by atoms with Crippen molar-refractivity contribution in [2.75, 3.05) is 61.1 Å². The molecule has 2 fully saturated rings. The fourth-order valence-electron chi connectivity index (χ4n) is 5.38. The van der Waals surface area contributed by atoms with Crippen molar-refractivity contribution < 1.29 is 9.84 Å². The Bertz CT molecular complexity index is 1460. The Morgan fingerprint density at radius 3 is 2.51 bits per heavy atom. The van der Waals surface area contributed by atoms with Crippen LogP contribution in [0, 0.1) is 0 Å². The number of fused-ring (bicyclic) bond motifs is 1. The smallest absolute Gasteiger partial charge is 0.227 e. The second-order valence-electron chi connectivity index (χ2n) is 10.1. The maximum Gasteiger partial charge on any atom is 0.227 e. The molecule has 2 aliphatic rings. The maximum absolute atomic E-state index is 9.91. The highest BCUT2D eigenvalue weighted by molar-refractivity contribution is 6.32. The number of ether oxygens (including phenoxy) is 1. The van der Waals surface area contributed by atoms with E-state index in [0.717, 1.165) is 86.5 Å². The zero-order valence-electron chi connectivity index (χ0n) is 22.0. The summed E-state index contributed by atoms with van der Waals surface area (Å²) in [6, 6.07) is 10.1. The molecule has 204 valence electrons. The highest BCUT2D eigenvalue weighted by Gasteiger charge is 2.22. The molecule has 4 aromatic rings. The minimum atomic E-state index is -0.134. The molecule has 2 aliphatic heterocycles. The lowest BCUT2D eigenvalue weighted by atomic mass is 10.1. The summed E-state index contributed by atoms with van der Waals surface area (Å²) in [6.45, 7) is 5.14. The maximum atomic E-state index is 9.91. The van der Waals surface area contributed by atoms with Crippen molar-refractivity contribution in [3.05, 3.63) is 59.5 Å². The van der Waals surface area contributed by atoms with Crippen molar-refractivity contribution in [3.8, 4) is 17.0 Å². The molecule has 0 saturated carbocycles. The van der Waals surface area contributed by atoms with E-state index in [1.807, 2.05) is 29.1 Å². The molecule has 5 heterocycles. The summed E-state index contributed by atoms with van der Waals surface area (Å²) in [4.78, 5) is 21.2. The fourth-order valence-corrected chi connectivity index (χ4v) is 5.62. The van der Waals surface area contributed by atoms with Crippen LogP contribution in [0.1, 0.15) is 18.4 Å². The van der Waals surface area contributed by atoms with Gasteiger partial charge in [-0.3, -0.25) is 0 Å². The van der Waals surface area contributed by atoms with Crippen LogP contribution in [0.2, 0.25) is 5.02 Å². The van der Waals surface area contributed by atoms with E-state index in [2.05, 4.69) is 31.8 Å². The van der Waals surface area contributed by atoms with E-state index in [-0.39, 0.29) is 6.61 Å². The molecule has 0 radical (unpaired) electrons. The normalized spacial score (nSPS) is 16.8. The second kappa shape index (κ2) is 10.9. The topological polar surface area (TPSA) is 108 Å². The summed E-state index contributed by atoms with van der Waals surface area (Å²) in [7, 11) is 1.56. The average Bonchev–Trinajstić information content (AvgIpc) is 3.41. The molecule has 0 atom stereocenters. The minimum Gasteiger partial charge on any atom is -0.495 e. The number of aliphatic hydroxyl groups excluding tert-OH is 1. The number of hydrogen-bond donors (Lipinski definition) is 2. The Labute approximate surface area is 232 Å². The van der Waals surface area contributed by atoms with Crippen LogP contribution in [-0.4, -0.2) is 76.9 Å². The predicted molar refractivity (Wildman–Crippen MR) is 154 cm³/mol. The highest BCUT2D eigenvalue weighted by Crippen LogP contribution is 2.34. The summed E-state index contributed by atoms with van der Waals surface area (Å²) in [6.07, 6.45) is 7.83. The van der Waals surface area contributed by atoms with E-state index in [9.17, 15) is 5.11 Å². The number of anilines is 3. The Hall–Kier alpha value is -3.60. The quantitative estimate of drug-likeness (QED) is 0.375. The first kappa shape index (κ1) is 25.7. The molecule has 0 unspecified atom stereocenters. The molecule has 0 bridgehead atoms. The summed E-state index contributed by atoms with van der Waals surface area (Å²) < 4.78 is 7.29. The Kier molecular flexibility index (Phi) is 7.16. The predicted octanol–water partition coefficient (Wildman–Crippen LogP) is 3.20. The number of piperazine rings is 1. The number of rotatable bonds is 6. The monoisotopic (exact) mass is 548 g/mol. The standard InChI is InChI=1S/C28H33ClN8O2/c1-39-25-14-19(18-38)22(16-23(25)29)24-17-37-9-5-21(15-27(37)32-24)34-10-12-36(13-11-34)28-31-6-2-26(33-28)35-7-3-20(30)4-8-35/h2,5-6,9,14-17,20,38H,3-4,7-8,10-13,18,30H2,1H3. The molecule has 11 heteroatoms. The number of hydrogen-bond acceptors (Lipinski definition) is 9. The number of benzene rings is 1. The van der Waals surface area contributed by atoms with E-state index < -0.39 is 0 Å². The molecule has 0 amide bonds. The van der Waals surface area contributed by atoms with Crippen LogP contribution in [0.3, 0.4) is 0 Å². The van der Waals surface area contributed by atoms with Gasteiger partial charge in [0.05, 0.1) is 24.4 Å². The number of halogens is 1. The van der Waals surface area contributed by atoms with Crippen LogP contribution in [0.4, 0.5) is 17.5 Å². The molecule has 0 aliphatic carbocycles. The SMILES string of the molecule is COc1cc(CO)c(-c2cn3ccc(N4CCN(c5nccc(N6CCC(N)CC6)n5)CC4)cc3n2)cc1Cl. The lowest BCUT2D eigenvalue weighted by Crippen LogP contribution is -2.47. The third-order valence-electron chi connectivity index (χ3n) is 7.69. The van der Waals surface area contributed by atoms with Crippen molar-refractivity contribution in [1.29, 1.82) is 0 Å². The van der Waals surface area contributed by atoms with E-state index in [0.29, 0.717) is 22.4 Å². The van der Waals surface area contributed by atoms with Crippen molar-refractivity contribution >= 4 is 34.7 Å². The van der Waals surface area contributed by atoms with Gasteiger partial charge >= 0.3 is 0 Å². The first-order valence-electron chi connectivity index (χ1n) is 13.3. The number of imidazole rings is 1. The molecule has 3 N–H and O–H groups in total. The Balaban J connectivity index is 1.16. The van der Waals surface area contributed by atoms with Gasteiger partial charge in [0.2, 0.25) is 5.95 Å². The van der Waals surface area contributed by atoms with E-state index >= 15 is 0 Å². The van der Waals surface area contributed by atoms with Crippen LogP contribution in [0.25, 0.3) is 16.9 Å². The zero-order chi connectivity index (χ0) is 26.9. The number of aliphatic hydroxyl groups is 1. The van der Waals surface area contributed by atoms with Gasteiger partial charge < -0.3 is 34.7 Å². The van der Waals surface area contributed by atoms with Crippen LogP contribution in [-0.2, 0) is 6.61 Å². The van der Waals surface area contributed by atoms with E-state index in [4.69, 9.17) is 32.0 Å². The van der Waals surface area contributed by atoms with E-state index in [1.54, 1.807) is 19.2 Å². The minimum absolute atomic E-state index is 0.134. The number of aromatic nitrogens is 4. The highest BCUT2D eigenvalue weighted by atomic mass is 35.5. The molecule has 2 saturated heterocycles. The Morgan fingerprint density at radius 1 is 1.00 bits per heavy atom. The summed E-state index contributed by atoms with van der Waals surface area (Å²) in [5, 5.41) is 10.4. The first-order valence-corrected chi connectivity index (χ1v) is 13.7. The van der Waals surface area contributed by atoms with Gasteiger partial charge in [-0.05, 0) is 42.7 Å². The van der Waals surface area contributed by atoms with Gasteiger partial charge in [0.25, 0.3) is 0 Å². The van der Waals surface area contributed by atoms with Crippen molar-refractivity contribution in [1.82, 2.24) is 19.4 Å². The molecule has 1 aromatic carbocycles. The third-order valence-corrected chi connectivity index (χ3v) is 7.98.